The van der Waals surface area contributed by atoms with Crippen LogP contribution in [-0.2, 0) is 20.7 Å². The van der Waals surface area contributed by atoms with Gasteiger partial charge in [-0.3, -0.25) is 14.6 Å². The van der Waals surface area contributed by atoms with E-state index in [2.05, 4.69) is 10.3 Å². The lowest BCUT2D eigenvalue weighted by Crippen LogP contribution is -2.28. The van der Waals surface area contributed by atoms with E-state index in [1.54, 1.807) is 12.1 Å². The topological polar surface area (TPSA) is 115 Å². The van der Waals surface area contributed by atoms with Crippen molar-refractivity contribution in [1.29, 1.82) is 0 Å². The first-order valence-electron chi connectivity index (χ1n) is 5.74. The first-order chi connectivity index (χ1) is 9.05. The number of carbonyl (C=O) groups excluding carboxylic acids is 1. The van der Waals surface area contributed by atoms with Gasteiger partial charge in [-0.25, -0.2) is 0 Å². The van der Waals surface area contributed by atoms with E-state index in [4.69, 9.17) is 15.6 Å². The third-order valence-electron chi connectivity index (χ3n) is 2.45. The molecule has 1 heterocycles. The van der Waals surface area contributed by atoms with Gasteiger partial charge in [0.15, 0.2) is 0 Å². The van der Waals surface area contributed by atoms with Crippen LogP contribution in [0.1, 0.15) is 12.1 Å². The molecule has 7 heteroatoms. The number of nitrogens with zero attached hydrogens (tertiary/aromatic N) is 1. The van der Waals surface area contributed by atoms with E-state index in [-0.39, 0.29) is 31.4 Å². The Morgan fingerprint density at radius 3 is 2.74 bits per heavy atom. The maximum atomic E-state index is 11.6. The molecule has 1 unspecified atom stereocenters. The van der Waals surface area contributed by atoms with Crippen LogP contribution < -0.4 is 11.1 Å². The van der Waals surface area contributed by atoms with Gasteiger partial charge < -0.3 is 20.9 Å². The standard InChI is InChI=1S/C12H17N3O4/c1-19-10(6-13)5-11(16)15-9-3-2-8(14-7-9)4-12(17)18/h2-3,7,10H,4-6,13H2,1H3,(H,15,16)(H,17,18). The van der Waals surface area contributed by atoms with Crippen LogP contribution in [0.15, 0.2) is 18.3 Å². The first kappa shape index (κ1) is 15.1. The number of pyridine rings is 1. The van der Waals surface area contributed by atoms with Crippen LogP contribution in [0.2, 0.25) is 0 Å². The van der Waals surface area contributed by atoms with Crippen LogP contribution in [0.3, 0.4) is 0 Å². The van der Waals surface area contributed by atoms with E-state index in [1.165, 1.54) is 13.3 Å². The molecular formula is C12H17N3O4. The summed E-state index contributed by atoms with van der Waals surface area (Å²) in [4.78, 5) is 26.1. The van der Waals surface area contributed by atoms with Gasteiger partial charge in [-0.1, -0.05) is 0 Å². The van der Waals surface area contributed by atoms with E-state index in [0.717, 1.165) is 0 Å². The van der Waals surface area contributed by atoms with Gasteiger partial charge in [0.05, 0.1) is 36.5 Å². The molecule has 0 saturated carbocycles. The highest BCUT2D eigenvalue weighted by Crippen LogP contribution is 2.08. The normalized spacial score (nSPS) is 11.9. The van der Waals surface area contributed by atoms with Crippen molar-refractivity contribution in [3.63, 3.8) is 0 Å². The van der Waals surface area contributed by atoms with Gasteiger partial charge in [0.1, 0.15) is 0 Å². The van der Waals surface area contributed by atoms with Crippen molar-refractivity contribution in [2.24, 2.45) is 5.73 Å². The zero-order valence-corrected chi connectivity index (χ0v) is 10.6. The number of carboxylic acids is 1. The number of anilines is 1. The van der Waals surface area contributed by atoms with Crippen molar-refractivity contribution in [3.8, 4) is 0 Å². The predicted octanol–water partition coefficient (Wildman–Crippen LogP) is 0.0110. The minimum Gasteiger partial charge on any atom is -0.481 e. The summed E-state index contributed by atoms with van der Waals surface area (Å²) in [6.45, 7) is 0.264. The molecule has 0 aromatic carbocycles. The lowest BCUT2D eigenvalue weighted by Gasteiger charge is -2.12. The van der Waals surface area contributed by atoms with Crippen molar-refractivity contribution in [3.05, 3.63) is 24.0 Å². The largest absolute Gasteiger partial charge is 0.481 e. The minimum atomic E-state index is -0.949. The summed E-state index contributed by atoms with van der Waals surface area (Å²) >= 11 is 0. The second-order valence-electron chi connectivity index (χ2n) is 3.95. The molecule has 0 aliphatic carbocycles. The molecule has 0 aliphatic rings. The Morgan fingerprint density at radius 1 is 1.53 bits per heavy atom. The van der Waals surface area contributed by atoms with Crippen LogP contribution in [0.4, 0.5) is 5.69 Å². The highest BCUT2D eigenvalue weighted by molar-refractivity contribution is 5.90. The summed E-state index contributed by atoms with van der Waals surface area (Å²) in [7, 11) is 1.49. The van der Waals surface area contributed by atoms with Gasteiger partial charge in [0, 0.05) is 13.7 Å². The summed E-state index contributed by atoms with van der Waals surface area (Å²) in [5.41, 5.74) is 6.36. The molecule has 1 amide bonds. The van der Waals surface area contributed by atoms with Crippen molar-refractivity contribution >= 4 is 17.6 Å². The number of methoxy groups -OCH3 is 1. The van der Waals surface area contributed by atoms with Gasteiger partial charge in [0.2, 0.25) is 5.91 Å². The minimum absolute atomic E-state index is 0.146. The predicted molar refractivity (Wildman–Crippen MR) is 68.7 cm³/mol. The summed E-state index contributed by atoms with van der Waals surface area (Å²) in [6, 6.07) is 3.16. The number of nitrogens with one attached hydrogen (secondary N) is 1. The summed E-state index contributed by atoms with van der Waals surface area (Å²) in [5.74, 6) is -1.18. The van der Waals surface area contributed by atoms with E-state index < -0.39 is 5.97 Å². The summed E-state index contributed by atoms with van der Waals surface area (Å²) < 4.78 is 5.00. The van der Waals surface area contributed by atoms with E-state index in [1.807, 2.05) is 0 Å². The number of aromatic nitrogens is 1. The smallest absolute Gasteiger partial charge is 0.309 e. The molecule has 1 atom stereocenters. The maximum absolute atomic E-state index is 11.6. The number of hydrogen-bond donors (Lipinski definition) is 3. The van der Waals surface area contributed by atoms with Crippen molar-refractivity contribution < 1.29 is 19.4 Å². The molecule has 1 aromatic rings. The van der Waals surface area contributed by atoms with Crippen LogP contribution >= 0.6 is 0 Å². The summed E-state index contributed by atoms with van der Waals surface area (Å²) in [6.07, 6.45) is 1.11. The molecule has 0 bridgehead atoms. The number of carboxylic acid groups (broad SMARTS) is 1. The fraction of sp³-hybridized carbons (Fsp3) is 0.417. The van der Waals surface area contributed by atoms with Crippen LogP contribution in [0.25, 0.3) is 0 Å². The summed E-state index contributed by atoms with van der Waals surface area (Å²) in [5, 5.41) is 11.2. The monoisotopic (exact) mass is 267 g/mol. The van der Waals surface area contributed by atoms with Crippen LogP contribution in [0, 0.1) is 0 Å². The number of aliphatic carboxylic acids is 1. The maximum Gasteiger partial charge on any atom is 0.309 e. The molecule has 7 nitrogen and oxygen atoms in total. The molecule has 0 fully saturated rings. The molecule has 1 aromatic heterocycles. The fourth-order valence-electron chi connectivity index (χ4n) is 1.44. The zero-order valence-electron chi connectivity index (χ0n) is 10.6. The van der Waals surface area contributed by atoms with Crippen LogP contribution in [-0.4, -0.2) is 41.7 Å². The number of carbonyl (C=O) groups is 2. The number of hydrogen-bond acceptors (Lipinski definition) is 5. The third kappa shape index (κ3) is 5.45. The average molecular weight is 267 g/mol. The molecule has 0 aliphatic heterocycles. The second-order valence-corrected chi connectivity index (χ2v) is 3.95. The van der Waals surface area contributed by atoms with Gasteiger partial charge >= 0.3 is 5.97 Å². The molecule has 0 saturated heterocycles. The lowest BCUT2D eigenvalue weighted by atomic mass is 10.2. The molecule has 0 radical (unpaired) electrons. The Kier molecular flexibility index (Phi) is 5.91. The average Bonchev–Trinajstić information content (AvgIpc) is 2.37. The van der Waals surface area contributed by atoms with Gasteiger partial charge in [-0.15, -0.1) is 0 Å². The van der Waals surface area contributed by atoms with E-state index >= 15 is 0 Å². The molecule has 0 spiro atoms. The Hall–Kier alpha value is -1.99. The molecule has 19 heavy (non-hydrogen) atoms. The molecule has 1 rings (SSSR count). The molecular weight excluding hydrogens is 250 g/mol. The molecule has 104 valence electrons. The Balaban J connectivity index is 2.53. The number of nitrogens with two attached hydrogens (primary N) is 1. The van der Waals surface area contributed by atoms with Gasteiger partial charge in [-0.2, -0.15) is 0 Å². The number of rotatable bonds is 7. The quantitative estimate of drug-likeness (QED) is 0.641. The van der Waals surface area contributed by atoms with Crippen molar-refractivity contribution in [2.75, 3.05) is 19.0 Å². The number of ether oxygens (including phenoxy) is 1. The first-order valence-corrected chi connectivity index (χ1v) is 5.74. The second kappa shape index (κ2) is 7.45. The highest BCUT2D eigenvalue weighted by Gasteiger charge is 2.11. The highest BCUT2D eigenvalue weighted by atomic mass is 16.5. The fourth-order valence-corrected chi connectivity index (χ4v) is 1.44. The Bertz CT molecular complexity index is 429. The van der Waals surface area contributed by atoms with E-state index in [9.17, 15) is 9.59 Å². The number of amides is 1. The Morgan fingerprint density at radius 2 is 2.26 bits per heavy atom. The van der Waals surface area contributed by atoms with Gasteiger partial charge in [0.25, 0.3) is 0 Å². The van der Waals surface area contributed by atoms with Crippen molar-refractivity contribution in [2.45, 2.75) is 18.9 Å². The molecule has 4 N–H and O–H groups in total. The SMILES string of the molecule is COC(CN)CC(=O)Nc1ccc(CC(=O)O)nc1. The zero-order chi connectivity index (χ0) is 14.3. The lowest BCUT2D eigenvalue weighted by molar-refractivity contribution is -0.136. The Labute approximate surface area is 110 Å². The van der Waals surface area contributed by atoms with Gasteiger partial charge in [-0.05, 0) is 12.1 Å². The van der Waals surface area contributed by atoms with Crippen LogP contribution in [0.5, 0.6) is 0 Å². The van der Waals surface area contributed by atoms with Crippen molar-refractivity contribution in [1.82, 2.24) is 4.98 Å². The third-order valence-corrected chi connectivity index (χ3v) is 2.45. The van der Waals surface area contributed by atoms with E-state index in [0.29, 0.717) is 11.4 Å².